The molecule has 0 saturated heterocycles. The first-order chi connectivity index (χ1) is 6.55. The summed E-state index contributed by atoms with van der Waals surface area (Å²) in [6.45, 7) is 0.832. The Hall–Kier alpha value is -0.210. The summed E-state index contributed by atoms with van der Waals surface area (Å²) < 4.78 is 34.0. The normalized spacial score (nSPS) is 12.3. The molecule has 0 unspecified atom stereocenters. The van der Waals surface area contributed by atoms with Crippen molar-refractivity contribution in [3.8, 4) is 0 Å². The van der Waals surface area contributed by atoms with Gasteiger partial charge in [-0.2, -0.15) is 0 Å². The molecule has 0 aromatic rings. The molecule has 0 radical (unpaired) electrons. The molecule has 0 fully saturated rings. The summed E-state index contributed by atoms with van der Waals surface area (Å²) in [7, 11) is 1.32. The molecule has 0 heterocycles. The molecule has 0 saturated carbocycles. The van der Waals surface area contributed by atoms with Crippen molar-refractivity contribution >= 4 is 10.0 Å². The molecule has 14 heavy (non-hydrogen) atoms. The van der Waals surface area contributed by atoms with Gasteiger partial charge in [-0.15, -0.1) is 0 Å². The zero-order valence-corrected chi connectivity index (χ0v) is 9.56. The Morgan fingerprint density at radius 3 is 2.29 bits per heavy atom. The van der Waals surface area contributed by atoms with Crippen LogP contribution in [0.5, 0.6) is 0 Å². The van der Waals surface area contributed by atoms with E-state index in [0.29, 0.717) is 13.1 Å². The summed E-state index contributed by atoms with van der Waals surface area (Å²) >= 11 is 0. The molecule has 0 aliphatic heterocycles. The van der Waals surface area contributed by atoms with E-state index >= 15 is 0 Å². The molecule has 0 bridgehead atoms. The van der Waals surface area contributed by atoms with E-state index in [1.165, 1.54) is 21.3 Å². The summed E-state index contributed by atoms with van der Waals surface area (Å²) in [5.74, 6) is 0.0453. The highest BCUT2D eigenvalue weighted by atomic mass is 32.2. The zero-order chi connectivity index (χ0) is 11.0. The van der Waals surface area contributed by atoms with Gasteiger partial charge in [0.05, 0.1) is 5.75 Å². The van der Waals surface area contributed by atoms with Crippen molar-refractivity contribution in [2.45, 2.75) is 6.29 Å². The van der Waals surface area contributed by atoms with Crippen LogP contribution >= 0.6 is 0 Å². The smallest absolute Gasteiger partial charge is 0.212 e. The third-order valence-electron chi connectivity index (χ3n) is 1.70. The molecule has 0 rings (SSSR count). The maximum Gasteiger partial charge on any atom is 0.212 e. The van der Waals surface area contributed by atoms with E-state index in [1.54, 1.807) is 0 Å². The minimum absolute atomic E-state index is 0.0453. The fourth-order valence-corrected chi connectivity index (χ4v) is 1.41. The van der Waals surface area contributed by atoms with Crippen LogP contribution in [0.2, 0.25) is 0 Å². The first kappa shape index (κ1) is 13.8. The van der Waals surface area contributed by atoms with Gasteiger partial charge in [-0.25, -0.2) is 13.1 Å². The molecule has 0 aliphatic carbocycles. The standard InChI is InChI=1S/C7H18N2O4S/c1-8-14(10,11)5-4-9-6-7(12-2)13-3/h7-9H,4-6H2,1-3H3. The molecule has 0 spiro atoms. The number of hydrogen-bond donors (Lipinski definition) is 2. The molecule has 0 aromatic heterocycles. The number of methoxy groups -OCH3 is 2. The number of rotatable bonds is 8. The van der Waals surface area contributed by atoms with Crippen molar-refractivity contribution in [2.75, 3.05) is 40.1 Å². The van der Waals surface area contributed by atoms with Crippen LogP contribution in [0.25, 0.3) is 0 Å². The largest absolute Gasteiger partial charge is 0.355 e. The summed E-state index contributed by atoms with van der Waals surface area (Å²) in [6.07, 6.45) is -0.340. The van der Waals surface area contributed by atoms with E-state index in [4.69, 9.17) is 9.47 Å². The number of hydrogen-bond acceptors (Lipinski definition) is 5. The maximum absolute atomic E-state index is 11.0. The molecule has 0 atom stereocenters. The lowest BCUT2D eigenvalue weighted by Crippen LogP contribution is -2.35. The van der Waals surface area contributed by atoms with Gasteiger partial charge in [0.2, 0.25) is 10.0 Å². The number of sulfonamides is 1. The Balaban J connectivity index is 3.56. The van der Waals surface area contributed by atoms with Crippen LogP contribution in [-0.4, -0.2) is 54.8 Å². The first-order valence-corrected chi connectivity index (χ1v) is 5.88. The van der Waals surface area contributed by atoms with Crippen molar-refractivity contribution in [2.24, 2.45) is 0 Å². The fraction of sp³-hybridized carbons (Fsp3) is 1.00. The summed E-state index contributed by atoms with van der Waals surface area (Å²) in [4.78, 5) is 0. The van der Waals surface area contributed by atoms with E-state index in [9.17, 15) is 8.42 Å². The Kier molecular flexibility index (Phi) is 7.02. The van der Waals surface area contributed by atoms with Crippen molar-refractivity contribution in [1.29, 1.82) is 0 Å². The van der Waals surface area contributed by atoms with E-state index < -0.39 is 10.0 Å². The Bertz CT molecular complexity index is 226. The van der Waals surface area contributed by atoms with Gasteiger partial charge < -0.3 is 14.8 Å². The monoisotopic (exact) mass is 226 g/mol. The predicted molar refractivity (Wildman–Crippen MR) is 53.5 cm³/mol. The minimum atomic E-state index is -3.13. The molecule has 86 valence electrons. The summed E-state index contributed by atoms with van der Waals surface area (Å²) in [6, 6.07) is 0. The summed E-state index contributed by atoms with van der Waals surface area (Å²) in [5, 5.41) is 2.91. The van der Waals surface area contributed by atoms with Gasteiger partial charge in [-0.05, 0) is 7.05 Å². The molecule has 0 aromatic carbocycles. The summed E-state index contributed by atoms with van der Waals surface area (Å²) in [5.41, 5.74) is 0. The van der Waals surface area contributed by atoms with Crippen LogP contribution in [0.4, 0.5) is 0 Å². The average Bonchev–Trinajstić information content (AvgIpc) is 2.18. The number of nitrogens with one attached hydrogen (secondary N) is 2. The molecular weight excluding hydrogens is 208 g/mol. The second-order valence-electron chi connectivity index (χ2n) is 2.63. The number of ether oxygens (including phenoxy) is 2. The van der Waals surface area contributed by atoms with Crippen LogP contribution in [0.3, 0.4) is 0 Å². The van der Waals surface area contributed by atoms with E-state index in [2.05, 4.69) is 10.0 Å². The van der Waals surface area contributed by atoms with Gasteiger partial charge >= 0.3 is 0 Å². The quantitative estimate of drug-likeness (QED) is 0.399. The lowest BCUT2D eigenvalue weighted by molar-refractivity contribution is -0.0984. The average molecular weight is 226 g/mol. The first-order valence-electron chi connectivity index (χ1n) is 4.23. The minimum Gasteiger partial charge on any atom is -0.355 e. The van der Waals surface area contributed by atoms with Crippen molar-refractivity contribution in [3.63, 3.8) is 0 Å². The van der Waals surface area contributed by atoms with Gasteiger partial charge in [-0.1, -0.05) is 0 Å². The van der Waals surface area contributed by atoms with Gasteiger partial charge in [0, 0.05) is 27.3 Å². The maximum atomic E-state index is 11.0. The fourth-order valence-electron chi connectivity index (χ4n) is 0.791. The van der Waals surface area contributed by atoms with Crippen LogP contribution < -0.4 is 10.0 Å². The van der Waals surface area contributed by atoms with Crippen LogP contribution in [0, 0.1) is 0 Å². The molecule has 0 amide bonds. The zero-order valence-electron chi connectivity index (χ0n) is 8.74. The molecule has 7 heteroatoms. The molecular formula is C7H18N2O4S. The van der Waals surface area contributed by atoms with Crippen molar-refractivity contribution in [3.05, 3.63) is 0 Å². The second kappa shape index (κ2) is 7.13. The van der Waals surface area contributed by atoms with E-state index in [-0.39, 0.29) is 12.0 Å². The lowest BCUT2D eigenvalue weighted by atomic mass is 10.6. The Labute approximate surface area is 85.0 Å². The highest BCUT2D eigenvalue weighted by Gasteiger charge is 2.07. The van der Waals surface area contributed by atoms with E-state index in [1.807, 2.05) is 0 Å². The Morgan fingerprint density at radius 2 is 1.86 bits per heavy atom. The van der Waals surface area contributed by atoms with Crippen molar-refractivity contribution in [1.82, 2.24) is 10.0 Å². The topological polar surface area (TPSA) is 76.7 Å². The highest BCUT2D eigenvalue weighted by molar-refractivity contribution is 7.89. The van der Waals surface area contributed by atoms with Gasteiger partial charge in [0.1, 0.15) is 0 Å². The van der Waals surface area contributed by atoms with E-state index in [0.717, 1.165) is 0 Å². The SMILES string of the molecule is CNS(=O)(=O)CCNCC(OC)OC. The van der Waals surface area contributed by atoms with Crippen molar-refractivity contribution < 1.29 is 17.9 Å². The van der Waals surface area contributed by atoms with Gasteiger partial charge in [0.25, 0.3) is 0 Å². The van der Waals surface area contributed by atoms with Gasteiger partial charge in [0.15, 0.2) is 6.29 Å². The Morgan fingerprint density at radius 1 is 1.29 bits per heavy atom. The highest BCUT2D eigenvalue weighted by Crippen LogP contribution is 1.87. The van der Waals surface area contributed by atoms with Crippen LogP contribution in [0.15, 0.2) is 0 Å². The molecule has 0 aliphatic rings. The predicted octanol–water partition coefficient (Wildman–Crippen LogP) is -1.26. The lowest BCUT2D eigenvalue weighted by Gasteiger charge is -2.13. The van der Waals surface area contributed by atoms with Crippen LogP contribution in [0.1, 0.15) is 0 Å². The third-order valence-corrected chi connectivity index (χ3v) is 3.06. The third kappa shape index (κ3) is 6.28. The second-order valence-corrected chi connectivity index (χ2v) is 4.67. The van der Waals surface area contributed by atoms with Gasteiger partial charge in [-0.3, -0.25) is 0 Å². The molecule has 2 N–H and O–H groups in total. The van der Waals surface area contributed by atoms with Crippen LogP contribution in [-0.2, 0) is 19.5 Å². The molecule has 6 nitrogen and oxygen atoms in total.